The maximum Gasteiger partial charge on any atom is 0.413 e. The number of anilines is 1. The number of piperidine rings is 1. The fraction of sp³-hybridized carbons (Fsp3) is 0.200. The fourth-order valence-electron chi connectivity index (χ4n) is 4.61. The van der Waals surface area contributed by atoms with Gasteiger partial charge in [-0.2, -0.15) is 0 Å². The van der Waals surface area contributed by atoms with E-state index in [0.29, 0.717) is 16.3 Å². The molecule has 0 bridgehead atoms. The highest BCUT2D eigenvalue weighted by Crippen LogP contribution is 2.38. The summed E-state index contributed by atoms with van der Waals surface area (Å²) in [5, 5.41) is 9.85. The Balaban J connectivity index is 1.47. The van der Waals surface area contributed by atoms with Crippen molar-refractivity contribution in [3.05, 3.63) is 89.4 Å². The number of hydrogen-bond acceptors (Lipinski definition) is 3. The Labute approximate surface area is 229 Å². The van der Waals surface area contributed by atoms with Gasteiger partial charge in [0.2, 0.25) is 5.88 Å². The molecule has 1 fully saturated rings. The topological polar surface area (TPSA) is 74.0 Å². The minimum absolute atomic E-state index is 0.0365. The number of carbonyl (C=O) groups excluding carboxylic acids is 1. The van der Waals surface area contributed by atoms with Crippen LogP contribution in [0.3, 0.4) is 0 Å². The van der Waals surface area contributed by atoms with Gasteiger partial charge in [-0.15, -0.1) is 0 Å². The second-order valence-electron chi connectivity index (χ2n) is 9.48. The molecule has 39 heavy (non-hydrogen) atoms. The molecule has 1 aliphatic rings. The number of halogens is 3. The van der Waals surface area contributed by atoms with Gasteiger partial charge < -0.3 is 14.4 Å². The number of likely N-dealkylation sites (tertiary alicyclic amines) is 1. The van der Waals surface area contributed by atoms with Gasteiger partial charge in [0.15, 0.2) is 0 Å². The SMILES string of the molecule is CN(C(=O)O)c1ccc(-c2ccc(-c3ccc(C(=O)N4CCC(F)(F)CC4)cc3)cc2-c2cccc(Cl)c2)o1. The Kier molecular flexibility index (Phi) is 7.14. The van der Waals surface area contributed by atoms with Gasteiger partial charge in [-0.3, -0.25) is 9.69 Å². The number of hydrogen-bond donors (Lipinski definition) is 1. The zero-order valence-corrected chi connectivity index (χ0v) is 21.8. The Morgan fingerprint density at radius 1 is 0.897 bits per heavy atom. The van der Waals surface area contributed by atoms with Crippen LogP contribution in [0.15, 0.2) is 83.3 Å². The highest BCUT2D eigenvalue weighted by molar-refractivity contribution is 6.30. The average molecular weight is 551 g/mol. The van der Waals surface area contributed by atoms with Gasteiger partial charge in [-0.1, -0.05) is 41.9 Å². The van der Waals surface area contributed by atoms with Crippen molar-refractivity contribution in [2.24, 2.45) is 0 Å². The smallest absolute Gasteiger partial charge is 0.413 e. The third-order valence-corrected chi connectivity index (χ3v) is 7.11. The summed E-state index contributed by atoms with van der Waals surface area (Å²) in [7, 11) is 1.40. The van der Waals surface area contributed by atoms with Gasteiger partial charge in [0.25, 0.3) is 11.8 Å². The molecule has 0 atom stereocenters. The highest BCUT2D eigenvalue weighted by atomic mass is 35.5. The molecule has 2 heterocycles. The molecule has 1 saturated heterocycles. The molecule has 5 rings (SSSR count). The number of rotatable bonds is 5. The first kappa shape index (κ1) is 26.4. The Morgan fingerprint density at radius 2 is 1.59 bits per heavy atom. The summed E-state index contributed by atoms with van der Waals surface area (Å²) in [6, 6.07) is 23.5. The van der Waals surface area contributed by atoms with Crippen LogP contribution >= 0.6 is 11.6 Å². The van der Waals surface area contributed by atoms with E-state index in [1.54, 1.807) is 30.3 Å². The lowest BCUT2D eigenvalue weighted by molar-refractivity contribution is -0.0494. The zero-order valence-electron chi connectivity index (χ0n) is 21.0. The van der Waals surface area contributed by atoms with Crippen molar-refractivity contribution >= 4 is 29.5 Å². The van der Waals surface area contributed by atoms with Crippen LogP contribution in [0.4, 0.5) is 19.5 Å². The lowest BCUT2D eigenvalue weighted by atomic mass is 9.93. The van der Waals surface area contributed by atoms with Crippen molar-refractivity contribution < 1.29 is 27.9 Å². The number of nitrogens with zero attached hydrogens (tertiary/aromatic N) is 2. The Morgan fingerprint density at radius 3 is 2.26 bits per heavy atom. The van der Waals surface area contributed by atoms with Crippen LogP contribution in [0.1, 0.15) is 23.2 Å². The monoisotopic (exact) mass is 550 g/mol. The first-order valence-electron chi connectivity index (χ1n) is 12.4. The number of alkyl halides is 2. The maximum atomic E-state index is 13.5. The minimum atomic E-state index is -2.71. The van der Waals surface area contributed by atoms with Crippen molar-refractivity contribution in [1.82, 2.24) is 4.90 Å². The third kappa shape index (κ3) is 5.66. The van der Waals surface area contributed by atoms with Crippen LogP contribution in [0.25, 0.3) is 33.6 Å². The number of furan rings is 1. The van der Waals surface area contributed by atoms with E-state index in [1.165, 1.54) is 11.9 Å². The summed E-state index contributed by atoms with van der Waals surface area (Å²) in [5.74, 6) is -2.28. The standard InChI is InChI=1S/C30H25ClF2N2O4/c1-34(29(37)38)27-12-11-26(39-27)24-10-9-21(18-25(24)22-3-2-4-23(31)17-22)19-5-7-20(8-6-19)28(36)35-15-13-30(32,33)14-16-35/h2-12,17-18H,13-16H2,1H3,(H,37,38). The lowest BCUT2D eigenvalue weighted by Gasteiger charge is -2.31. The van der Waals surface area contributed by atoms with E-state index in [4.69, 9.17) is 16.0 Å². The zero-order chi connectivity index (χ0) is 27.7. The van der Waals surface area contributed by atoms with Crippen LogP contribution in [0, 0.1) is 0 Å². The fourth-order valence-corrected chi connectivity index (χ4v) is 4.80. The molecule has 2 amide bonds. The number of benzene rings is 3. The van der Waals surface area contributed by atoms with Crippen LogP contribution < -0.4 is 4.90 Å². The molecule has 0 saturated carbocycles. The van der Waals surface area contributed by atoms with Gasteiger partial charge >= 0.3 is 6.09 Å². The Bertz CT molecular complexity index is 1520. The summed E-state index contributed by atoms with van der Waals surface area (Å²) in [5.41, 5.74) is 4.60. The molecule has 4 aromatic rings. The third-order valence-electron chi connectivity index (χ3n) is 6.88. The molecule has 0 radical (unpaired) electrons. The van der Waals surface area contributed by atoms with E-state index in [0.717, 1.165) is 32.7 Å². The van der Waals surface area contributed by atoms with E-state index in [2.05, 4.69) is 0 Å². The molecule has 0 unspecified atom stereocenters. The quantitative estimate of drug-likeness (QED) is 0.274. The summed E-state index contributed by atoms with van der Waals surface area (Å²) in [6.45, 7) is 0.0730. The molecule has 0 spiro atoms. The van der Waals surface area contributed by atoms with Crippen molar-refractivity contribution in [2.75, 3.05) is 25.0 Å². The van der Waals surface area contributed by atoms with E-state index < -0.39 is 12.0 Å². The van der Waals surface area contributed by atoms with Crippen LogP contribution in [-0.4, -0.2) is 48.1 Å². The van der Waals surface area contributed by atoms with Crippen molar-refractivity contribution in [3.8, 4) is 33.6 Å². The number of amides is 2. The van der Waals surface area contributed by atoms with E-state index in [-0.39, 0.29) is 37.7 Å². The lowest BCUT2D eigenvalue weighted by Crippen LogP contribution is -2.42. The molecule has 0 aliphatic carbocycles. The van der Waals surface area contributed by atoms with Crippen LogP contribution in [0.5, 0.6) is 0 Å². The second kappa shape index (κ2) is 10.5. The number of carboxylic acid groups (broad SMARTS) is 1. The number of carbonyl (C=O) groups is 2. The normalized spacial score (nSPS) is 14.7. The molecular formula is C30H25ClF2N2O4. The van der Waals surface area contributed by atoms with Gasteiger partial charge in [0.05, 0.1) is 0 Å². The molecule has 6 nitrogen and oxygen atoms in total. The first-order valence-corrected chi connectivity index (χ1v) is 12.7. The van der Waals surface area contributed by atoms with Crippen molar-refractivity contribution in [1.29, 1.82) is 0 Å². The van der Waals surface area contributed by atoms with Crippen molar-refractivity contribution in [3.63, 3.8) is 0 Å². The van der Waals surface area contributed by atoms with Gasteiger partial charge in [0.1, 0.15) is 5.76 Å². The first-order chi connectivity index (χ1) is 18.6. The maximum absolute atomic E-state index is 13.5. The average Bonchev–Trinajstić information content (AvgIpc) is 3.42. The molecule has 1 aliphatic heterocycles. The van der Waals surface area contributed by atoms with E-state index >= 15 is 0 Å². The minimum Gasteiger partial charge on any atom is -0.465 e. The largest absolute Gasteiger partial charge is 0.465 e. The molecule has 1 aromatic heterocycles. The second-order valence-corrected chi connectivity index (χ2v) is 9.91. The van der Waals surface area contributed by atoms with E-state index in [9.17, 15) is 23.5 Å². The molecule has 200 valence electrons. The molecule has 1 N–H and O–H groups in total. The summed E-state index contributed by atoms with van der Waals surface area (Å²) >= 11 is 6.28. The molecule has 3 aromatic carbocycles. The highest BCUT2D eigenvalue weighted by Gasteiger charge is 2.35. The predicted molar refractivity (Wildman–Crippen MR) is 147 cm³/mol. The van der Waals surface area contributed by atoms with Crippen molar-refractivity contribution in [2.45, 2.75) is 18.8 Å². The summed E-state index contributed by atoms with van der Waals surface area (Å²) < 4.78 is 32.8. The Hall–Kier alpha value is -4.17. The van der Waals surface area contributed by atoms with Crippen LogP contribution in [-0.2, 0) is 0 Å². The molecule has 9 heteroatoms. The van der Waals surface area contributed by atoms with Gasteiger partial charge in [-0.05, 0) is 64.7 Å². The van der Waals surface area contributed by atoms with Gasteiger partial charge in [-0.25, -0.2) is 13.6 Å². The van der Waals surface area contributed by atoms with E-state index in [1.807, 2.05) is 48.5 Å². The summed E-state index contributed by atoms with van der Waals surface area (Å²) in [4.78, 5) is 26.7. The van der Waals surface area contributed by atoms with Crippen LogP contribution in [0.2, 0.25) is 5.02 Å². The van der Waals surface area contributed by atoms with Gasteiger partial charge in [0, 0.05) is 55.2 Å². The molecular weight excluding hydrogens is 526 g/mol. The summed E-state index contributed by atoms with van der Waals surface area (Å²) in [6.07, 6.45) is -1.78. The predicted octanol–water partition coefficient (Wildman–Crippen LogP) is 7.92.